The van der Waals surface area contributed by atoms with Crippen molar-refractivity contribution >= 4 is 16.2 Å². The Bertz CT molecular complexity index is 1030. The van der Waals surface area contributed by atoms with Crippen LogP contribution in [0.2, 0.25) is 0 Å². The maximum Gasteiger partial charge on any atom is 0.329 e. The zero-order valence-corrected chi connectivity index (χ0v) is 26.8. The summed E-state index contributed by atoms with van der Waals surface area (Å²) in [6.07, 6.45) is 12.5. The number of amides is 2. The van der Waals surface area contributed by atoms with Gasteiger partial charge in [0.2, 0.25) is 0 Å². The van der Waals surface area contributed by atoms with Crippen molar-refractivity contribution in [1.29, 1.82) is 0 Å². The summed E-state index contributed by atoms with van der Waals surface area (Å²) in [6, 6.07) is -0.631. The van der Waals surface area contributed by atoms with E-state index in [1.807, 2.05) is 0 Å². The second-order valence-corrected chi connectivity index (χ2v) is 16.7. The first-order chi connectivity index (χ1) is 19.4. The maximum absolute atomic E-state index is 12.7. The van der Waals surface area contributed by atoms with Gasteiger partial charge in [0.15, 0.2) is 0 Å². The fraction of sp³-hybridized carbons (Fsp3) is 0.969. The van der Waals surface area contributed by atoms with Crippen LogP contribution < -0.4 is 10.0 Å². The van der Waals surface area contributed by atoms with Gasteiger partial charge in [0.05, 0.1) is 12.2 Å². The maximum atomic E-state index is 12.7. The monoisotopic (exact) mass is 595 g/mol. The number of aliphatic hydroxyl groups is 2. The van der Waals surface area contributed by atoms with Crippen LogP contribution in [0, 0.1) is 52.3 Å². The van der Waals surface area contributed by atoms with Gasteiger partial charge in [-0.2, -0.15) is 12.7 Å². The summed E-state index contributed by atoms with van der Waals surface area (Å²) < 4.78 is 29.0. The molecule has 41 heavy (non-hydrogen) atoms. The van der Waals surface area contributed by atoms with Gasteiger partial charge >= 0.3 is 16.2 Å². The number of nitrogens with one attached hydrogen (secondary N) is 2. The van der Waals surface area contributed by atoms with E-state index in [0.29, 0.717) is 55.1 Å². The summed E-state index contributed by atoms with van der Waals surface area (Å²) in [7, 11) is -3.80. The fourth-order valence-corrected chi connectivity index (χ4v) is 12.2. The van der Waals surface area contributed by atoms with Crippen molar-refractivity contribution < 1.29 is 23.4 Å². The lowest BCUT2D eigenvalue weighted by molar-refractivity contribution is -0.203. The highest BCUT2D eigenvalue weighted by Crippen LogP contribution is 2.69. The number of urea groups is 1. The molecule has 1 heterocycles. The van der Waals surface area contributed by atoms with Crippen molar-refractivity contribution in [1.82, 2.24) is 14.3 Å². The second kappa shape index (κ2) is 12.2. The lowest BCUT2D eigenvalue weighted by Gasteiger charge is -2.64. The number of carbonyl (C=O) groups is 1. The van der Waals surface area contributed by atoms with Crippen LogP contribution in [0.15, 0.2) is 0 Å². The molecule has 0 bridgehead atoms. The molecule has 4 saturated carbocycles. The molecule has 8 nitrogen and oxygen atoms in total. The van der Waals surface area contributed by atoms with Crippen LogP contribution >= 0.6 is 0 Å². The van der Waals surface area contributed by atoms with Crippen molar-refractivity contribution in [2.45, 2.75) is 123 Å². The van der Waals surface area contributed by atoms with Gasteiger partial charge < -0.3 is 15.5 Å². The minimum absolute atomic E-state index is 0.176. The molecule has 0 aromatic carbocycles. The van der Waals surface area contributed by atoms with Gasteiger partial charge in [-0.05, 0) is 116 Å². The zero-order chi connectivity index (χ0) is 29.6. The van der Waals surface area contributed by atoms with Crippen LogP contribution in [0.1, 0.15) is 111 Å². The Hall–Kier alpha value is -0.900. The molecule has 9 heteroatoms. The van der Waals surface area contributed by atoms with Crippen molar-refractivity contribution in [2.24, 2.45) is 52.3 Å². The Balaban J connectivity index is 1.20. The molecule has 0 spiro atoms. The summed E-state index contributed by atoms with van der Waals surface area (Å²) in [4.78, 5) is 12.5. The molecule has 0 radical (unpaired) electrons. The Morgan fingerprint density at radius 3 is 2.29 bits per heavy atom. The second-order valence-electron chi connectivity index (χ2n) is 15.1. The molecule has 2 amide bonds. The van der Waals surface area contributed by atoms with E-state index in [9.17, 15) is 23.4 Å². The third kappa shape index (κ3) is 5.83. The molecule has 11 atom stereocenters. The van der Waals surface area contributed by atoms with Gasteiger partial charge in [-0.25, -0.2) is 9.52 Å². The molecule has 1 saturated heterocycles. The first kappa shape index (κ1) is 31.5. The normalized spacial score (nSPS) is 44.1. The van der Waals surface area contributed by atoms with Crippen LogP contribution in [-0.4, -0.2) is 60.8 Å². The molecule has 0 unspecified atom stereocenters. The Labute approximate surface area is 249 Å². The van der Waals surface area contributed by atoms with E-state index in [4.69, 9.17) is 0 Å². The fourth-order valence-electron chi connectivity index (χ4n) is 11.0. The number of nitrogens with zero attached hydrogens (tertiary/aromatic N) is 1. The number of carbonyl (C=O) groups excluding carboxylic acids is 1. The first-order valence-electron chi connectivity index (χ1n) is 16.8. The van der Waals surface area contributed by atoms with Gasteiger partial charge in [0.25, 0.3) is 0 Å². The summed E-state index contributed by atoms with van der Waals surface area (Å²) in [5.41, 5.74) is 0.384. The van der Waals surface area contributed by atoms with Gasteiger partial charge in [0, 0.05) is 19.6 Å². The standard InChI is InChI=1S/C32H57N3O5S/c1-5-23-27-20-22(36)12-15-32(27,4)26-13-16-31(3)24(10-11-25(31)28(26)29(23)37)21(2)14-17-33-30(38)34-41(39,40)35-18-8-6-7-9-19-35/h21-29,36-37H,5-20H2,1-4H3,(H2,33,34,38)/t21-,22-,23-,24-,25+,26+,27+,28+,29-,31-,32-/m1/s1. The molecular weight excluding hydrogens is 538 g/mol. The molecule has 236 valence electrons. The van der Waals surface area contributed by atoms with Gasteiger partial charge in [-0.15, -0.1) is 0 Å². The zero-order valence-electron chi connectivity index (χ0n) is 26.0. The minimum Gasteiger partial charge on any atom is -0.393 e. The van der Waals surface area contributed by atoms with Crippen LogP contribution in [0.25, 0.3) is 0 Å². The molecule has 0 aromatic rings. The summed E-state index contributed by atoms with van der Waals surface area (Å²) in [5.74, 6) is 2.99. The molecule has 4 N–H and O–H groups in total. The highest BCUT2D eigenvalue weighted by molar-refractivity contribution is 7.87. The third-order valence-corrected chi connectivity index (χ3v) is 14.7. The van der Waals surface area contributed by atoms with Crippen molar-refractivity contribution in [2.75, 3.05) is 19.6 Å². The Morgan fingerprint density at radius 2 is 1.61 bits per heavy atom. The van der Waals surface area contributed by atoms with Gasteiger partial charge in [-0.1, -0.05) is 47.0 Å². The van der Waals surface area contributed by atoms with Crippen LogP contribution in [0.3, 0.4) is 0 Å². The summed E-state index contributed by atoms with van der Waals surface area (Å²) in [6.45, 7) is 10.9. The van der Waals surface area contributed by atoms with Crippen molar-refractivity contribution in [3.8, 4) is 0 Å². The number of rotatable bonds is 7. The minimum atomic E-state index is -3.80. The Morgan fingerprint density at radius 1 is 0.951 bits per heavy atom. The topological polar surface area (TPSA) is 119 Å². The molecule has 5 rings (SSSR count). The van der Waals surface area contributed by atoms with E-state index in [-0.39, 0.29) is 29.0 Å². The first-order valence-corrected chi connectivity index (χ1v) is 18.3. The quantitative estimate of drug-likeness (QED) is 0.328. The van der Waals surface area contributed by atoms with Crippen LogP contribution in [0.5, 0.6) is 0 Å². The number of hydrogen-bond donors (Lipinski definition) is 4. The van der Waals surface area contributed by atoms with Gasteiger partial charge in [0.1, 0.15) is 0 Å². The highest BCUT2D eigenvalue weighted by Gasteiger charge is 2.64. The largest absolute Gasteiger partial charge is 0.393 e. The summed E-state index contributed by atoms with van der Waals surface area (Å²) in [5, 5.41) is 25.3. The van der Waals surface area contributed by atoms with Gasteiger partial charge in [-0.3, -0.25) is 0 Å². The molecule has 5 fully saturated rings. The molecule has 5 aliphatic rings. The number of aliphatic hydroxyl groups excluding tert-OH is 2. The van der Waals surface area contributed by atoms with E-state index in [0.717, 1.165) is 77.0 Å². The number of hydrogen-bond acceptors (Lipinski definition) is 5. The lowest BCUT2D eigenvalue weighted by Crippen LogP contribution is -2.62. The predicted octanol–water partition coefficient (Wildman–Crippen LogP) is 5.06. The van der Waals surface area contributed by atoms with E-state index in [1.54, 1.807) is 0 Å². The molecule has 1 aliphatic heterocycles. The predicted molar refractivity (Wildman–Crippen MR) is 161 cm³/mol. The third-order valence-electron chi connectivity index (χ3n) is 13.2. The average molecular weight is 596 g/mol. The Kier molecular flexibility index (Phi) is 9.41. The molecule has 0 aromatic heterocycles. The van der Waals surface area contributed by atoms with Crippen LogP contribution in [0.4, 0.5) is 4.79 Å². The van der Waals surface area contributed by atoms with E-state index in [2.05, 4.69) is 37.7 Å². The number of fused-ring (bicyclic) bond motifs is 5. The lowest BCUT2D eigenvalue weighted by atomic mass is 9.41. The van der Waals surface area contributed by atoms with Crippen molar-refractivity contribution in [3.05, 3.63) is 0 Å². The average Bonchev–Trinajstić information content (AvgIpc) is 3.07. The van der Waals surface area contributed by atoms with E-state index < -0.39 is 16.2 Å². The SMILES string of the molecule is CC[C@H]1[C@@H](O)[C@@H]2[C@H](CC[C@]3(C)[C@@H]([C@H](C)CCNC(=O)NS(=O)(=O)N4CCCCCC4)CC[C@@H]23)[C@@]2(C)CC[C@@H](O)C[C@@H]12. The highest BCUT2D eigenvalue weighted by atomic mass is 32.2. The molecule has 4 aliphatic carbocycles. The van der Waals surface area contributed by atoms with E-state index >= 15 is 0 Å². The molecular formula is C32H57N3O5S. The smallest absolute Gasteiger partial charge is 0.329 e. The van der Waals surface area contributed by atoms with E-state index in [1.165, 1.54) is 10.7 Å². The van der Waals surface area contributed by atoms with Crippen LogP contribution in [-0.2, 0) is 10.2 Å². The van der Waals surface area contributed by atoms with Crippen molar-refractivity contribution in [3.63, 3.8) is 0 Å². The summed E-state index contributed by atoms with van der Waals surface area (Å²) >= 11 is 0.